The van der Waals surface area contributed by atoms with E-state index in [0.717, 1.165) is 18.6 Å². The Labute approximate surface area is 130 Å². The molecule has 116 valence electrons. The maximum Gasteiger partial charge on any atom is 0.305 e. The van der Waals surface area contributed by atoms with Gasteiger partial charge in [0, 0.05) is 6.04 Å². The van der Waals surface area contributed by atoms with Crippen molar-refractivity contribution in [2.75, 3.05) is 11.5 Å². The van der Waals surface area contributed by atoms with Gasteiger partial charge in [0.05, 0.1) is 12.2 Å². The molecule has 0 heterocycles. The number of carboxylic acid groups (broad SMARTS) is 1. The van der Waals surface area contributed by atoms with E-state index >= 15 is 0 Å². The summed E-state index contributed by atoms with van der Waals surface area (Å²) in [6.07, 6.45) is 2.49. The summed E-state index contributed by atoms with van der Waals surface area (Å²) in [5.41, 5.74) is 1.26. The lowest BCUT2D eigenvalue weighted by Crippen LogP contribution is -2.37. The standard InChI is InChI=1S/C16H23NO3S/c1-2-6-14(11-16(19)20)17-15(18)12-21-10-9-13-7-4-3-5-8-13/h3-5,7-8,14H,2,6,9-12H2,1H3,(H,17,18)(H,19,20). The number of hydrogen-bond donors (Lipinski definition) is 2. The number of aliphatic carboxylic acids is 1. The molecule has 4 nitrogen and oxygen atoms in total. The van der Waals surface area contributed by atoms with Gasteiger partial charge in [-0.05, 0) is 24.2 Å². The number of aryl methyl sites for hydroxylation is 1. The number of benzene rings is 1. The molecule has 21 heavy (non-hydrogen) atoms. The number of carbonyl (C=O) groups is 2. The molecule has 1 aromatic rings. The van der Waals surface area contributed by atoms with Gasteiger partial charge in [-0.15, -0.1) is 0 Å². The smallest absolute Gasteiger partial charge is 0.305 e. The summed E-state index contributed by atoms with van der Waals surface area (Å²) >= 11 is 1.58. The zero-order chi connectivity index (χ0) is 15.5. The number of carboxylic acids is 1. The zero-order valence-electron chi connectivity index (χ0n) is 12.4. The van der Waals surface area contributed by atoms with Crippen molar-refractivity contribution in [2.24, 2.45) is 0 Å². The maximum atomic E-state index is 11.8. The second-order valence-corrected chi connectivity index (χ2v) is 6.04. The van der Waals surface area contributed by atoms with Crippen molar-refractivity contribution in [2.45, 2.75) is 38.6 Å². The largest absolute Gasteiger partial charge is 0.481 e. The minimum Gasteiger partial charge on any atom is -0.481 e. The van der Waals surface area contributed by atoms with Crippen LogP contribution in [0.15, 0.2) is 30.3 Å². The number of amides is 1. The second kappa shape index (κ2) is 10.3. The molecule has 0 saturated heterocycles. The Morgan fingerprint density at radius 3 is 2.62 bits per heavy atom. The molecule has 0 bridgehead atoms. The lowest BCUT2D eigenvalue weighted by molar-refractivity contribution is -0.137. The molecular weight excluding hydrogens is 286 g/mol. The van der Waals surface area contributed by atoms with Gasteiger partial charge >= 0.3 is 5.97 Å². The third-order valence-electron chi connectivity index (χ3n) is 3.03. The zero-order valence-corrected chi connectivity index (χ0v) is 13.2. The summed E-state index contributed by atoms with van der Waals surface area (Å²) in [7, 11) is 0. The first-order valence-corrected chi connectivity index (χ1v) is 8.40. The number of rotatable bonds is 10. The summed E-state index contributed by atoms with van der Waals surface area (Å²) in [6, 6.07) is 9.90. The quantitative estimate of drug-likeness (QED) is 0.652. The van der Waals surface area contributed by atoms with Gasteiger partial charge in [-0.25, -0.2) is 0 Å². The maximum absolute atomic E-state index is 11.8. The summed E-state index contributed by atoms with van der Waals surface area (Å²) in [5.74, 6) is 0.319. The van der Waals surface area contributed by atoms with E-state index in [-0.39, 0.29) is 18.4 Å². The second-order valence-electron chi connectivity index (χ2n) is 4.94. The molecule has 0 saturated carbocycles. The van der Waals surface area contributed by atoms with Crippen LogP contribution in [0.4, 0.5) is 0 Å². The molecule has 1 rings (SSSR count). The van der Waals surface area contributed by atoms with E-state index in [1.807, 2.05) is 25.1 Å². The van der Waals surface area contributed by atoms with Crippen molar-refractivity contribution in [1.82, 2.24) is 5.32 Å². The topological polar surface area (TPSA) is 66.4 Å². The lowest BCUT2D eigenvalue weighted by atomic mass is 10.1. The van der Waals surface area contributed by atoms with Gasteiger partial charge in [0.1, 0.15) is 0 Å². The fraction of sp³-hybridized carbons (Fsp3) is 0.500. The van der Waals surface area contributed by atoms with Crippen LogP contribution in [0.2, 0.25) is 0 Å². The predicted molar refractivity (Wildman–Crippen MR) is 86.6 cm³/mol. The van der Waals surface area contributed by atoms with E-state index in [9.17, 15) is 9.59 Å². The molecule has 0 aliphatic carbocycles. The minimum atomic E-state index is -0.870. The predicted octanol–water partition coefficient (Wildman–Crippen LogP) is 2.72. The van der Waals surface area contributed by atoms with Crippen LogP contribution in [0.25, 0.3) is 0 Å². The van der Waals surface area contributed by atoms with Crippen LogP contribution < -0.4 is 5.32 Å². The van der Waals surface area contributed by atoms with Crippen molar-refractivity contribution < 1.29 is 14.7 Å². The molecule has 0 aliphatic heterocycles. The lowest BCUT2D eigenvalue weighted by Gasteiger charge is -2.15. The van der Waals surface area contributed by atoms with Crippen molar-refractivity contribution in [3.8, 4) is 0 Å². The number of thioether (sulfide) groups is 1. The Morgan fingerprint density at radius 1 is 1.29 bits per heavy atom. The summed E-state index contributed by atoms with van der Waals surface area (Å²) in [6.45, 7) is 1.98. The van der Waals surface area contributed by atoms with Crippen LogP contribution in [0.1, 0.15) is 31.7 Å². The average Bonchev–Trinajstić information content (AvgIpc) is 2.44. The normalized spacial score (nSPS) is 11.9. The molecule has 0 spiro atoms. The SMILES string of the molecule is CCCC(CC(=O)O)NC(=O)CSCCc1ccccc1. The van der Waals surface area contributed by atoms with Crippen molar-refractivity contribution in [3.05, 3.63) is 35.9 Å². The molecule has 1 amide bonds. The molecule has 0 radical (unpaired) electrons. The molecule has 1 atom stereocenters. The van der Waals surface area contributed by atoms with Gasteiger partial charge < -0.3 is 10.4 Å². The first-order valence-electron chi connectivity index (χ1n) is 7.24. The van der Waals surface area contributed by atoms with Crippen LogP contribution in [0.3, 0.4) is 0 Å². The monoisotopic (exact) mass is 309 g/mol. The molecule has 0 aromatic heterocycles. The van der Waals surface area contributed by atoms with Gasteiger partial charge in [0.15, 0.2) is 0 Å². The Kier molecular flexibility index (Phi) is 8.59. The molecule has 1 aromatic carbocycles. The Balaban J connectivity index is 2.21. The first kappa shape index (κ1) is 17.6. The van der Waals surface area contributed by atoms with E-state index in [1.54, 1.807) is 11.8 Å². The average molecular weight is 309 g/mol. The van der Waals surface area contributed by atoms with Gasteiger partial charge in [-0.2, -0.15) is 11.8 Å². The number of hydrogen-bond acceptors (Lipinski definition) is 3. The Morgan fingerprint density at radius 2 is 2.00 bits per heavy atom. The van der Waals surface area contributed by atoms with Crippen LogP contribution in [0, 0.1) is 0 Å². The van der Waals surface area contributed by atoms with E-state index in [0.29, 0.717) is 12.2 Å². The molecule has 5 heteroatoms. The van der Waals surface area contributed by atoms with E-state index in [4.69, 9.17) is 5.11 Å². The third kappa shape index (κ3) is 8.40. The van der Waals surface area contributed by atoms with Gasteiger partial charge in [0.25, 0.3) is 0 Å². The molecule has 1 unspecified atom stereocenters. The van der Waals surface area contributed by atoms with E-state index in [2.05, 4.69) is 17.4 Å². The Bertz CT molecular complexity index is 436. The van der Waals surface area contributed by atoms with E-state index < -0.39 is 5.97 Å². The highest BCUT2D eigenvalue weighted by atomic mass is 32.2. The summed E-state index contributed by atoms with van der Waals surface area (Å²) < 4.78 is 0. The first-order chi connectivity index (χ1) is 10.1. The van der Waals surface area contributed by atoms with Crippen LogP contribution >= 0.6 is 11.8 Å². The minimum absolute atomic E-state index is 0.00569. The van der Waals surface area contributed by atoms with Gasteiger partial charge in [-0.1, -0.05) is 43.7 Å². The van der Waals surface area contributed by atoms with Crippen LogP contribution in [-0.2, 0) is 16.0 Å². The highest BCUT2D eigenvalue weighted by Crippen LogP contribution is 2.08. The van der Waals surface area contributed by atoms with Crippen LogP contribution in [-0.4, -0.2) is 34.5 Å². The number of nitrogens with one attached hydrogen (secondary N) is 1. The molecule has 0 aliphatic rings. The number of carbonyl (C=O) groups excluding carboxylic acids is 1. The van der Waals surface area contributed by atoms with E-state index in [1.165, 1.54) is 5.56 Å². The molecule has 0 fully saturated rings. The van der Waals surface area contributed by atoms with Crippen LogP contribution in [0.5, 0.6) is 0 Å². The molecular formula is C16H23NO3S. The Hall–Kier alpha value is -1.49. The molecule has 2 N–H and O–H groups in total. The summed E-state index contributed by atoms with van der Waals surface area (Å²) in [4.78, 5) is 22.5. The fourth-order valence-electron chi connectivity index (χ4n) is 2.05. The van der Waals surface area contributed by atoms with Gasteiger partial charge in [-0.3, -0.25) is 9.59 Å². The third-order valence-corrected chi connectivity index (χ3v) is 3.99. The fourth-order valence-corrected chi connectivity index (χ4v) is 2.85. The van der Waals surface area contributed by atoms with Crippen molar-refractivity contribution in [3.63, 3.8) is 0 Å². The van der Waals surface area contributed by atoms with Crippen molar-refractivity contribution in [1.29, 1.82) is 0 Å². The summed E-state index contributed by atoms with van der Waals surface area (Å²) in [5, 5.41) is 11.6. The highest BCUT2D eigenvalue weighted by molar-refractivity contribution is 7.99. The van der Waals surface area contributed by atoms with Gasteiger partial charge in [0.2, 0.25) is 5.91 Å². The van der Waals surface area contributed by atoms with Crippen molar-refractivity contribution >= 4 is 23.6 Å². The highest BCUT2D eigenvalue weighted by Gasteiger charge is 2.14.